The third-order valence-corrected chi connectivity index (χ3v) is 3.65. The quantitative estimate of drug-likeness (QED) is 0.834. The number of urea groups is 1. The van der Waals surface area contributed by atoms with Crippen molar-refractivity contribution in [1.29, 1.82) is 0 Å². The Morgan fingerprint density at radius 3 is 2.32 bits per heavy atom. The number of carbonyl (C=O) groups excluding carboxylic acids is 1. The molecule has 1 saturated heterocycles. The highest BCUT2D eigenvalue weighted by molar-refractivity contribution is 5.83. The van der Waals surface area contributed by atoms with Gasteiger partial charge in [0.05, 0.1) is 0 Å². The molecule has 5 heteroatoms. The van der Waals surface area contributed by atoms with E-state index in [9.17, 15) is 14.7 Å². The summed E-state index contributed by atoms with van der Waals surface area (Å²) in [6, 6.07) is -0.768. The number of carboxylic acids is 1. The minimum atomic E-state index is -0.882. The molecule has 1 aliphatic heterocycles. The van der Waals surface area contributed by atoms with Crippen LogP contribution in [0.2, 0.25) is 0 Å². The highest BCUT2D eigenvalue weighted by Gasteiger charge is 2.36. The lowest BCUT2D eigenvalue weighted by molar-refractivity contribution is -0.144. The van der Waals surface area contributed by atoms with Gasteiger partial charge in [0.1, 0.15) is 6.04 Å². The summed E-state index contributed by atoms with van der Waals surface area (Å²) >= 11 is 0. The third-order valence-electron chi connectivity index (χ3n) is 3.65. The fourth-order valence-corrected chi connectivity index (χ4v) is 2.63. The van der Waals surface area contributed by atoms with Crippen LogP contribution in [-0.4, -0.2) is 52.6 Å². The molecule has 1 N–H and O–H groups in total. The number of amides is 2. The van der Waals surface area contributed by atoms with Crippen molar-refractivity contribution in [2.24, 2.45) is 5.92 Å². The average molecular weight is 270 g/mol. The zero-order valence-electron chi connectivity index (χ0n) is 12.3. The maximum Gasteiger partial charge on any atom is 0.326 e. The second kappa shape index (κ2) is 7.36. The molecule has 0 aromatic rings. The smallest absolute Gasteiger partial charge is 0.326 e. The van der Waals surface area contributed by atoms with Crippen LogP contribution >= 0.6 is 0 Å². The maximum atomic E-state index is 12.5. The van der Waals surface area contributed by atoms with Crippen LogP contribution in [0.4, 0.5) is 4.79 Å². The predicted molar refractivity (Wildman–Crippen MR) is 74.1 cm³/mol. The van der Waals surface area contributed by atoms with E-state index >= 15 is 0 Å². The largest absolute Gasteiger partial charge is 0.480 e. The lowest BCUT2D eigenvalue weighted by Gasteiger charge is -2.39. The molecular formula is C14H26N2O3. The third kappa shape index (κ3) is 4.11. The van der Waals surface area contributed by atoms with E-state index in [0.717, 1.165) is 19.3 Å². The van der Waals surface area contributed by atoms with Crippen LogP contribution in [-0.2, 0) is 4.79 Å². The summed E-state index contributed by atoms with van der Waals surface area (Å²) in [6.45, 7) is 8.07. The number of likely N-dealkylation sites (tertiary alicyclic amines) is 1. The van der Waals surface area contributed by atoms with Crippen LogP contribution in [0.5, 0.6) is 0 Å². The lowest BCUT2D eigenvalue weighted by atomic mass is 9.92. The fraction of sp³-hybridized carbons (Fsp3) is 0.857. The Labute approximate surface area is 115 Å². The number of rotatable bonds is 5. The van der Waals surface area contributed by atoms with Crippen molar-refractivity contribution in [2.75, 3.05) is 19.6 Å². The number of hydrogen-bond donors (Lipinski definition) is 1. The van der Waals surface area contributed by atoms with Crippen molar-refractivity contribution in [3.05, 3.63) is 0 Å². The number of carboxylic acid groups (broad SMARTS) is 1. The average Bonchev–Trinajstić information content (AvgIpc) is 2.37. The molecule has 0 radical (unpaired) electrons. The molecule has 0 spiro atoms. The van der Waals surface area contributed by atoms with Gasteiger partial charge in [0.2, 0.25) is 0 Å². The Kier molecular flexibility index (Phi) is 6.12. The molecule has 19 heavy (non-hydrogen) atoms. The molecule has 2 amide bonds. The highest BCUT2D eigenvalue weighted by Crippen LogP contribution is 2.24. The summed E-state index contributed by atoms with van der Waals surface area (Å²) in [5.74, 6) is -0.510. The van der Waals surface area contributed by atoms with Gasteiger partial charge in [-0.3, -0.25) is 0 Å². The van der Waals surface area contributed by atoms with Crippen molar-refractivity contribution in [3.8, 4) is 0 Å². The summed E-state index contributed by atoms with van der Waals surface area (Å²) in [4.78, 5) is 27.2. The second-order valence-electron chi connectivity index (χ2n) is 5.45. The molecule has 0 saturated carbocycles. The molecule has 0 aliphatic carbocycles. The molecular weight excluding hydrogens is 244 g/mol. The molecule has 0 aromatic heterocycles. The molecule has 0 aromatic carbocycles. The molecule has 1 fully saturated rings. The SMILES string of the molecule is CCCN(CCC)C(=O)N1CCC(C)CC1C(=O)O. The van der Waals surface area contributed by atoms with E-state index in [0.29, 0.717) is 32.0 Å². The van der Waals surface area contributed by atoms with Gasteiger partial charge in [-0.05, 0) is 31.6 Å². The highest BCUT2D eigenvalue weighted by atomic mass is 16.4. The van der Waals surface area contributed by atoms with E-state index in [1.807, 2.05) is 20.8 Å². The molecule has 1 heterocycles. The van der Waals surface area contributed by atoms with Gasteiger partial charge in [0.15, 0.2) is 0 Å². The summed E-state index contributed by atoms with van der Waals surface area (Å²) in [5, 5.41) is 9.30. The van der Waals surface area contributed by atoms with Gasteiger partial charge in [0, 0.05) is 19.6 Å². The number of carbonyl (C=O) groups is 2. The summed E-state index contributed by atoms with van der Waals surface area (Å²) < 4.78 is 0. The van der Waals surface area contributed by atoms with Crippen molar-refractivity contribution < 1.29 is 14.7 Å². The topological polar surface area (TPSA) is 60.9 Å². The van der Waals surface area contributed by atoms with E-state index in [1.54, 1.807) is 9.80 Å². The van der Waals surface area contributed by atoms with Crippen LogP contribution in [0, 0.1) is 5.92 Å². The first-order valence-corrected chi connectivity index (χ1v) is 7.29. The van der Waals surface area contributed by atoms with Crippen molar-refractivity contribution in [1.82, 2.24) is 9.80 Å². The Morgan fingerprint density at radius 2 is 1.84 bits per heavy atom. The monoisotopic (exact) mass is 270 g/mol. The molecule has 110 valence electrons. The van der Waals surface area contributed by atoms with E-state index < -0.39 is 12.0 Å². The minimum Gasteiger partial charge on any atom is -0.480 e. The number of hydrogen-bond acceptors (Lipinski definition) is 2. The van der Waals surface area contributed by atoms with E-state index in [2.05, 4.69) is 0 Å². The van der Waals surface area contributed by atoms with Crippen molar-refractivity contribution in [2.45, 2.75) is 52.5 Å². The lowest BCUT2D eigenvalue weighted by Crippen LogP contribution is -2.54. The number of nitrogens with zero attached hydrogens (tertiary/aromatic N) is 2. The molecule has 1 rings (SSSR count). The first-order valence-electron chi connectivity index (χ1n) is 7.29. The number of piperidine rings is 1. The van der Waals surface area contributed by atoms with E-state index in [1.165, 1.54) is 0 Å². The Hall–Kier alpha value is -1.26. The van der Waals surface area contributed by atoms with Gasteiger partial charge in [-0.1, -0.05) is 20.8 Å². The first-order chi connectivity index (χ1) is 9.01. The number of aliphatic carboxylic acids is 1. The van der Waals surface area contributed by atoms with E-state index in [4.69, 9.17) is 0 Å². The van der Waals surface area contributed by atoms with Gasteiger partial charge in [-0.2, -0.15) is 0 Å². The van der Waals surface area contributed by atoms with Crippen molar-refractivity contribution in [3.63, 3.8) is 0 Å². The molecule has 0 bridgehead atoms. The van der Waals surface area contributed by atoms with Crippen LogP contribution < -0.4 is 0 Å². The van der Waals surface area contributed by atoms with Crippen LogP contribution in [0.3, 0.4) is 0 Å². The van der Waals surface area contributed by atoms with Crippen LogP contribution in [0.15, 0.2) is 0 Å². The molecule has 5 nitrogen and oxygen atoms in total. The maximum absolute atomic E-state index is 12.5. The second-order valence-corrected chi connectivity index (χ2v) is 5.45. The summed E-state index contributed by atoms with van der Waals surface area (Å²) in [5.41, 5.74) is 0. The molecule has 2 atom stereocenters. The van der Waals surface area contributed by atoms with Gasteiger partial charge in [-0.25, -0.2) is 9.59 Å². The zero-order valence-corrected chi connectivity index (χ0v) is 12.3. The van der Waals surface area contributed by atoms with Gasteiger partial charge in [0.25, 0.3) is 0 Å². The van der Waals surface area contributed by atoms with E-state index in [-0.39, 0.29) is 6.03 Å². The van der Waals surface area contributed by atoms with Crippen molar-refractivity contribution >= 4 is 12.0 Å². The van der Waals surface area contributed by atoms with Crippen LogP contribution in [0.1, 0.15) is 46.5 Å². The first kappa shape index (κ1) is 15.8. The zero-order chi connectivity index (χ0) is 14.4. The van der Waals surface area contributed by atoms with Gasteiger partial charge in [-0.15, -0.1) is 0 Å². The Morgan fingerprint density at radius 1 is 1.26 bits per heavy atom. The normalized spacial score (nSPS) is 23.2. The summed E-state index contributed by atoms with van der Waals surface area (Å²) in [6.07, 6.45) is 3.25. The fourth-order valence-electron chi connectivity index (χ4n) is 2.63. The minimum absolute atomic E-state index is 0.108. The standard InChI is InChI=1S/C14H26N2O3/c1-4-7-15(8-5-2)14(19)16-9-6-11(3)10-12(16)13(17)18/h11-12H,4-10H2,1-3H3,(H,17,18). The van der Waals surface area contributed by atoms with Gasteiger partial charge < -0.3 is 14.9 Å². The van der Waals surface area contributed by atoms with Crippen LogP contribution in [0.25, 0.3) is 0 Å². The summed E-state index contributed by atoms with van der Waals surface area (Å²) in [7, 11) is 0. The Balaban J connectivity index is 2.78. The molecule has 1 aliphatic rings. The van der Waals surface area contributed by atoms with Gasteiger partial charge >= 0.3 is 12.0 Å². The predicted octanol–water partition coefficient (Wildman–Crippen LogP) is 2.41. The molecule has 2 unspecified atom stereocenters. The Bertz CT molecular complexity index is 314.